The van der Waals surface area contributed by atoms with Gasteiger partial charge in [-0.15, -0.1) is 0 Å². The molecule has 3 heterocycles. The Labute approximate surface area is 141 Å². The van der Waals surface area contributed by atoms with E-state index in [1.165, 1.54) is 13.2 Å². The topological polar surface area (TPSA) is 87.9 Å². The maximum absolute atomic E-state index is 12.5. The van der Waals surface area contributed by atoms with E-state index in [1.807, 2.05) is 0 Å². The molecule has 0 atom stereocenters. The van der Waals surface area contributed by atoms with Crippen molar-refractivity contribution in [3.05, 3.63) is 24.2 Å². The standard InChI is InChI=1S/C16H22N2O5S/c1-12(19)17-6-4-13(5-7-17)16(20)18-9-15(10-18)24(21,22)11-14-3-2-8-23-14/h2-3,8,13,15H,4-7,9-11H2,1H3. The van der Waals surface area contributed by atoms with Gasteiger partial charge in [0.05, 0.1) is 11.5 Å². The first-order valence-electron chi connectivity index (χ1n) is 8.15. The average molecular weight is 354 g/mol. The second kappa shape index (κ2) is 6.58. The van der Waals surface area contributed by atoms with Gasteiger partial charge in [-0.2, -0.15) is 0 Å². The molecule has 0 bridgehead atoms. The number of hydrogen-bond acceptors (Lipinski definition) is 5. The maximum atomic E-state index is 12.5. The van der Waals surface area contributed by atoms with Crippen LogP contribution in [-0.2, 0) is 25.2 Å². The van der Waals surface area contributed by atoms with Gasteiger partial charge in [0, 0.05) is 39.0 Å². The number of rotatable bonds is 4. The van der Waals surface area contributed by atoms with Crippen LogP contribution >= 0.6 is 0 Å². The molecule has 8 heteroatoms. The van der Waals surface area contributed by atoms with Gasteiger partial charge in [0.25, 0.3) is 0 Å². The largest absolute Gasteiger partial charge is 0.468 e. The summed E-state index contributed by atoms with van der Waals surface area (Å²) < 4.78 is 29.7. The zero-order chi connectivity index (χ0) is 17.3. The molecule has 0 spiro atoms. The molecule has 0 N–H and O–H groups in total. The molecule has 0 aliphatic carbocycles. The van der Waals surface area contributed by atoms with E-state index in [-0.39, 0.29) is 36.6 Å². The van der Waals surface area contributed by atoms with E-state index >= 15 is 0 Å². The Morgan fingerprint density at radius 3 is 2.42 bits per heavy atom. The summed E-state index contributed by atoms with van der Waals surface area (Å²) in [5.41, 5.74) is 0. The third kappa shape index (κ3) is 3.48. The average Bonchev–Trinajstić information content (AvgIpc) is 2.97. The Hall–Kier alpha value is -1.83. The second-order valence-electron chi connectivity index (χ2n) is 6.53. The molecular formula is C16H22N2O5S. The Balaban J connectivity index is 1.49. The summed E-state index contributed by atoms with van der Waals surface area (Å²) in [5, 5.41) is -0.510. The highest BCUT2D eigenvalue weighted by Gasteiger charge is 2.42. The van der Waals surface area contributed by atoms with Crippen LogP contribution in [0.25, 0.3) is 0 Å². The van der Waals surface area contributed by atoms with Crippen LogP contribution in [0.5, 0.6) is 0 Å². The van der Waals surface area contributed by atoms with Gasteiger partial charge < -0.3 is 14.2 Å². The van der Waals surface area contributed by atoms with E-state index in [9.17, 15) is 18.0 Å². The normalized spacial score (nSPS) is 20.0. The maximum Gasteiger partial charge on any atom is 0.225 e. The molecule has 0 saturated carbocycles. The zero-order valence-electron chi connectivity index (χ0n) is 13.7. The van der Waals surface area contributed by atoms with Gasteiger partial charge in [-0.3, -0.25) is 9.59 Å². The smallest absolute Gasteiger partial charge is 0.225 e. The molecule has 1 aromatic heterocycles. The second-order valence-corrected chi connectivity index (χ2v) is 8.81. The Bertz CT molecular complexity index is 699. The summed E-state index contributed by atoms with van der Waals surface area (Å²) >= 11 is 0. The van der Waals surface area contributed by atoms with Crippen molar-refractivity contribution in [1.29, 1.82) is 0 Å². The van der Waals surface area contributed by atoms with E-state index in [0.717, 1.165) is 0 Å². The number of nitrogens with zero attached hydrogens (tertiary/aromatic N) is 2. The highest BCUT2D eigenvalue weighted by molar-refractivity contribution is 7.91. The van der Waals surface area contributed by atoms with Crippen molar-refractivity contribution in [3.8, 4) is 0 Å². The van der Waals surface area contributed by atoms with Crippen LogP contribution in [0.15, 0.2) is 22.8 Å². The number of likely N-dealkylation sites (tertiary alicyclic amines) is 2. The number of sulfone groups is 1. The fourth-order valence-electron chi connectivity index (χ4n) is 3.26. The minimum Gasteiger partial charge on any atom is -0.468 e. The van der Waals surface area contributed by atoms with Gasteiger partial charge in [-0.05, 0) is 25.0 Å². The number of furan rings is 1. The van der Waals surface area contributed by atoms with Gasteiger partial charge in [0.1, 0.15) is 11.5 Å². The lowest BCUT2D eigenvalue weighted by molar-refractivity contribution is -0.142. The molecule has 2 fully saturated rings. The molecule has 1 aromatic rings. The summed E-state index contributed by atoms with van der Waals surface area (Å²) in [6.45, 7) is 3.25. The molecule has 7 nitrogen and oxygen atoms in total. The SMILES string of the molecule is CC(=O)N1CCC(C(=O)N2CC(S(=O)(=O)Cc3ccco3)C2)CC1. The van der Waals surface area contributed by atoms with Crippen molar-refractivity contribution in [2.75, 3.05) is 26.2 Å². The molecule has 0 aromatic carbocycles. The fourth-order valence-corrected chi connectivity index (χ4v) is 4.87. The molecule has 2 aliphatic rings. The molecule has 24 heavy (non-hydrogen) atoms. The number of hydrogen-bond donors (Lipinski definition) is 0. The lowest BCUT2D eigenvalue weighted by Crippen LogP contribution is -2.59. The molecule has 132 valence electrons. The van der Waals surface area contributed by atoms with Gasteiger partial charge in [-0.1, -0.05) is 0 Å². The third-order valence-electron chi connectivity index (χ3n) is 4.88. The van der Waals surface area contributed by atoms with E-state index < -0.39 is 15.1 Å². The van der Waals surface area contributed by atoms with Crippen LogP contribution in [-0.4, -0.2) is 61.5 Å². The van der Waals surface area contributed by atoms with Crippen molar-refractivity contribution in [1.82, 2.24) is 9.80 Å². The zero-order valence-corrected chi connectivity index (χ0v) is 14.5. The van der Waals surface area contributed by atoms with E-state index in [4.69, 9.17) is 4.42 Å². The number of amides is 2. The van der Waals surface area contributed by atoms with E-state index in [0.29, 0.717) is 31.7 Å². The quantitative estimate of drug-likeness (QED) is 0.793. The van der Waals surface area contributed by atoms with Crippen LogP contribution in [0.1, 0.15) is 25.5 Å². The van der Waals surface area contributed by atoms with E-state index in [2.05, 4.69) is 0 Å². The van der Waals surface area contributed by atoms with Crippen molar-refractivity contribution < 1.29 is 22.4 Å². The summed E-state index contributed by atoms with van der Waals surface area (Å²) in [5.74, 6) is 0.256. The fraction of sp³-hybridized carbons (Fsp3) is 0.625. The molecule has 0 unspecified atom stereocenters. The van der Waals surface area contributed by atoms with Crippen LogP contribution in [0.2, 0.25) is 0 Å². The monoisotopic (exact) mass is 354 g/mol. The molecule has 2 saturated heterocycles. The van der Waals surface area contributed by atoms with Crippen LogP contribution in [0, 0.1) is 5.92 Å². The number of carbonyl (C=O) groups excluding carboxylic acids is 2. The molecular weight excluding hydrogens is 332 g/mol. The van der Waals surface area contributed by atoms with Crippen molar-refractivity contribution in [2.24, 2.45) is 5.92 Å². The predicted molar refractivity (Wildman–Crippen MR) is 86.7 cm³/mol. The first-order chi connectivity index (χ1) is 11.4. The lowest BCUT2D eigenvalue weighted by atomic mass is 9.94. The van der Waals surface area contributed by atoms with Gasteiger partial charge in [0.2, 0.25) is 11.8 Å². The Kier molecular flexibility index (Phi) is 4.67. The first-order valence-corrected chi connectivity index (χ1v) is 9.86. The lowest BCUT2D eigenvalue weighted by Gasteiger charge is -2.41. The molecule has 3 rings (SSSR count). The summed E-state index contributed by atoms with van der Waals surface area (Å²) in [4.78, 5) is 27.1. The summed E-state index contributed by atoms with van der Waals surface area (Å²) in [6, 6.07) is 3.30. The van der Waals surface area contributed by atoms with Gasteiger partial charge in [-0.25, -0.2) is 8.42 Å². The van der Waals surface area contributed by atoms with Crippen molar-refractivity contribution in [2.45, 2.75) is 30.8 Å². The van der Waals surface area contributed by atoms with Crippen molar-refractivity contribution in [3.63, 3.8) is 0 Å². The minimum absolute atomic E-state index is 0.0163. The number of carbonyl (C=O) groups is 2. The van der Waals surface area contributed by atoms with Crippen LogP contribution in [0.3, 0.4) is 0 Å². The molecule has 0 radical (unpaired) electrons. The predicted octanol–water partition coefficient (Wildman–Crippen LogP) is 0.664. The Morgan fingerprint density at radius 1 is 1.21 bits per heavy atom. The van der Waals surface area contributed by atoms with Gasteiger partial charge >= 0.3 is 0 Å². The molecule has 2 aliphatic heterocycles. The van der Waals surface area contributed by atoms with Crippen molar-refractivity contribution >= 4 is 21.7 Å². The summed E-state index contributed by atoms with van der Waals surface area (Å²) in [7, 11) is -3.30. The number of piperidine rings is 1. The van der Waals surface area contributed by atoms with Crippen LogP contribution < -0.4 is 0 Å². The first kappa shape index (κ1) is 17.0. The summed E-state index contributed by atoms with van der Waals surface area (Å²) in [6.07, 6.45) is 2.76. The Morgan fingerprint density at radius 2 is 1.88 bits per heavy atom. The molecule has 2 amide bonds. The third-order valence-corrected chi connectivity index (χ3v) is 6.88. The highest BCUT2D eigenvalue weighted by atomic mass is 32.2. The minimum atomic E-state index is -3.30. The van der Waals surface area contributed by atoms with Gasteiger partial charge in [0.15, 0.2) is 9.84 Å². The van der Waals surface area contributed by atoms with E-state index in [1.54, 1.807) is 21.9 Å². The van der Waals surface area contributed by atoms with Crippen LogP contribution in [0.4, 0.5) is 0 Å². The highest BCUT2D eigenvalue weighted by Crippen LogP contribution is 2.26.